The molecule has 1 amide bonds. The summed E-state index contributed by atoms with van der Waals surface area (Å²) in [6.07, 6.45) is 2.08. The van der Waals surface area contributed by atoms with Gasteiger partial charge in [0.1, 0.15) is 0 Å². The predicted molar refractivity (Wildman–Crippen MR) is 116 cm³/mol. The Labute approximate surface area is 189 Å². The van der Waals surface area contributed by atoms with Crippen LogP contribution >= 0.6 is 11.6 Å². The Balaban J connectivity index is 1.70. The number of benzene rings is 2. The summed E-state index contributed by atoms with van der Waals surface area (Å²) < 4.78 is 14.6. The molecule has 168 valence electrons. The van der Waals surface area contributed by atoms with Crippen LogP contribution in [0.25, 0.3) is 0 Å². The average molecular weight is 460 g/mol. The maximum atomic E-state index is 12.8. The van der Waals surface area contributed by atoms with Crippen molar-refractivity contribution in [2.75, 3.05) is 26.1 Å². The molecule has 0 aliphatic heterocycles. The van der Waals surface area contributed by atoms with Crippen LogP contribution in [-0.2, 0) is 29.2 Å². The van der Waals surface area contributed by atoms with Crippen LogP contribution < -0.4 is 5.32 Å². The molecular formula is C23H22ClNO7. The van der Waals surface area contributed by atoms with Gasteiger partial charge in [0.25, 0.3) is 5.91 Å². The van der Waals surface area contributed by atoms with Crippen LogP contribution in [0.5, 0.6) is 0 Å². The summed E-state index contributed by atoms with van der Waals surface area (Å²) in [5.74, 6) is -2.51. The number of esters is 3. The number of amides is 1. The third kappa shape index (κ3) is 4.91. The summed E-state index contributed by atoms with van der Waals surface area (Å²) in [5, 5.41) is 3.04. The number of carbonyl (C=O) groups is 4. The topological polar surface area (TPSA) is 108 Å². The molecule has 0 bridgehead atoms. The number of halogens is 1. The van der Waals surface area contributed by atoms with Gasteiger partial charge in [0.05, 0.1) is 30.8 Å². The SMILES string of the molecule is COC(=O)c1cc(NC(=O)COC(=O)C2(c3cccc(Cl)c3)CCC2)cc(C(=O)OC)c1. The van der Waals surface area contributed by atoms with Gasteiger partial charge in [0.2, 0.25) is 0 Å². The first-order valence-electron chi connectivity index (χ1n) is 9.84. The van der Waals surface area contributed by atoms with E-state index in [0.29, 0.717) is 17.9 Å². The van der Waals surface area contributed by atoms with Crippen molar-refractivity contribution in [3.05, 3.63) is 64.2 Å². The molecule has 0 aromatic heterocycles. The zero-order chi connectivity index (χ0) is 23.3. The average Bonchev–Trinajstić information content (AvgIpc) is 2.75. The molecule has 1 fully saturated rings. The van der Waals surface area contributed by atoms with Gasteiger partial charge in [-0.15, -0.1) is 0 Å². The second kappa shape index (κ2) is 9.82. The van der Waals surface area contributed by atoms with Crippen LogP contribution in [0.15, 0.2) is 42.5 Å². The lowest BCUT2D eigenvalue weighted by atomic mass is 9.64. The molecule has 0 atom stereocenters. The molecule has 9 heteroatoms. The summed E-state index contributed by atoms with van der Waals surface area (Å²) in [6.45, 7) is -0.531. The van der Waals surface area contributed by atoms with Gasteiger partial charge in [0, 0.05) is 10.7 Å². The van der Waals surface area contributed by atoms with Gasteiger partial charge in [-0.05, 0) is 48.7 Å². The number of carbonyl (C=O) groups excluding carboxylic acids is 4. The molecule has 3 rings (SSSR count). The second-order valence-electron chi connectivity index (χ2n) is 7.35. The summed E-state index contributed by atoms with van der Waals surface area (Å²) in [6, 6.07) is 11.0. The molecule has 1 N–H and O–H groups in total. The lowest BCUT2D eigenvalue weighted by molar-refractivity contribution is -0.156. The number of rotatable bonds is 7. The molecule has 2 aromatic carbocycles. The largest absolute Gasteiger partial charge is 0.465 e. The predicted octanol–water partition coefficient (Wildman–Crippen LogP) is 3.52. The quantitative estimate of drug-likeness (QED) is 0.498. The molecule has 0 spiro atoms. The standard InChI is InChI=1S/C23H22ClNO7/c1-30-20(27)14-9-15(21(28)31-2)11-18(10-14)25-19(26)13-32-22(29)23(7-4-8-23)16-5-3-6-17(24)12-16/h3,5-6,9-12H,4,7-8,13H2,1-2H3,(H,25,26). The van der Waals surface area contributed by atoms with E-state index in [1.807, 2.05) is 6.07 Å². The maximum absolute atomic E-state index is 12.8. The van der Waals surface area contributed by atoms with Crippen molar-refractivity contribution in [2.45, 2.75) is 24.7 Å². The van der Waals surface area contributed by atoms with E-state index in [9.17, 15) is 19.2 Å². The van der Waals surface area contributed by atoms with E-state index in [1.54, 1.807) is 18.2 Å². The highest BCUT2D eigenvalue weighted by molar-refractivity contribution is 6.30. The van der Waals surface area contributed by atoms with E-state index < -0.39 is 35.8 Å². The number of ether oxygens (including phenoxy) is 3. The molecule has 2 aromatic rings. The Morgan fingerprint density at radius 2 is 1.59 bits per heavy atom. The molecule has 1 aliphatic rings. The van der Waals surface area contributed by atoms with Crippen molar-refractivity contribution >= 4 is 41.1 Å². The van der Waals surface area contributed by atoms with Crippen LogP contribution in [0.4, 0.5) is 5.69 Å². The van der Waals surface area contributed by atoms with Gasteiger partial charge >= 0.3 is 17.9 Å². The highest BCUT2D eigenvalue weighted by atomic mass is 35.5. The summed E-state index contributed by atoms with van der Waals surface area (Å²) in [4.78, 5) is 49.0. The first-order chi connectivity index (χ1) is 15.3. The van der Waals surface area contributed by atoms with Gasteiger partial charge in [-0.25, -0.2) is 9.59 Å². The lowest BCUT2D eigenvalue weighted by Gasteiger charge is -2.39. The Bertz CT molecular complexity index is 1030. The molecule has 1 aliphatic carbocycles. The van der Waals surface area contributed by atoms with E-state index in [4.69, 9.17) is 16.3 Å². The highest BCUT2D eigenvalue weighted by Crippen LogP contribution is 2.45. The Morgan fingerprint density at radius 3 is 2.09 bits per heavy atom. The summed E-state index contributed by atoms with van der Waals surface area (Å²) >= 11 is 6.06. The smallest absolute Gasteiger partial charge is 0.337 e. The van der Waals surface area contributed by atoms with Gasteiger partial charge in [-0.1, -0.05) is 30.2 Å². The fourth-order valence-electron chi connectivity index (χ4n) is 3.56. The Kier molecular flexibility index (Phi) is 7.15. The molecular weight excluding hydrogens is 438 g/mol. The number of anilines is 1. The lowest BCUT2D eigenvalue weighted by Crippen LogP contribution is -2.44. The number of methoxy groups -OCH3 is 2. The molecule has 0 unspecified atom stereocenters. The Hall–Kier alpha value is -3.39. The number of hydrogen-bond donors (Lipinski definition) is 1. The normalized spacial score (nSPS) is 14.0. The first kappa shape index (κ1) is 23.3. The minimum atomic E-state index is -0.811. The molecule has 0 radical (unpaired) electrons. The maximum Gasteiger partial charge on any atom is 0.337 e. The van der Waals surface area contributed by atoms with Gasteiger partial charge < -0.3 is 19.5 Å². The zero-order valence-corrected chi connectivity index (χ0v) is 18.4. The van der Waals surface area contributed by atoms with Crippen LogP contribution in [0.2, 0.25) is 5.02 Å². The summed E-state index contributed by atoms with van der Waals surface area (Å²) in [5.41, 5.74) is 0.209. The van der Waals surface area contributed by atoms with E-state index >= 15 is 0 Å². The van der Waals surface area contributed by atoms with Crippen LogP contribution in [-0.4, -0.2) is 44.6 Å². The third-order valence-corrected chi connectivity index (χ3v) is 5.60. The van der Waals surface area contributed by atoms with Crippen molar-refractivity contribution in [2.24, 2.45) is 0 Å². The monoisotopic (exact) mass is 459 g/mol. The van der Waals surface area contributed by atoms with E-state index in [2.05, 4.69) is 14.8 Å². The summed E-state index contributed by atoms with van der Waals surface area (Å²) in [7, 11) is 2.39. The molecule has 8 nitrogen and oxygen atoms in total. The molecule has 0 saturated heterocycles. The zero-order valence-electron chi connectivity index (χ0n) is 17.6. The minimum absolute atomic E-state index is 0.0528. The van der Waals surface area contributed by atoms with Crippen molar-refractivity contribution in [3.8, 4) is 0 Å². The van der Waals surface area contributed by atoms with E-state index in [0.717, 1.165) is 12.0 Å². The van der Waals surface area contributed by atoms with E-state index in [1.165, 1.54) is 32.4 Å². The van der Waals surface area contributed by atoms with Gasteiger partial charge in [0.15, 0.2) is 6.61 Å². The van der Waals surface area contributed by atoms with Crippen molar-refractivity contribution in [1.29, 1.82) is 0 Å². The van der Waals surface area contributed by atoms with E-state index in [-0.39, 0.29) is 16.8 Å². The van der Waals surface area contributed by atoms with Crippen molar-refractivity contribution < 1.29 is 33.4 Å². The van der Waals surface area contributed by atoms with Gasteiger partial charge in [-0.3, -0.25) is 9.59 Å². The second-order valence-corrected chi connectivity index (χ2v) is 7.79. The van der Waals surface area contributed by atoms with Crippen molar-refractivity contribution in [1.82, 2.24) is 0 Å². The first-order valence-corrected chi connectivity index (χ1v) is 10.2. The Morgan fingerprint density at radius 1 is 0.969 bits per heavy atom. The molecule has 1 saturated carbocycles. The van der Waals surface area contributed by atoms with Crippen LogP contribution in [0.3, 0.4) is 0 Å². The fraction of sp³-hybridized carbons (Fsp3) is 0.304. The van der Waals surface area contributed by atoms with Crippen LogP contribution in [0, 0.1) is 0 Å². The highest BCUT2D eigenvalue weighted by Gasteiger charge is 2.47. The molecule has 32 heavy (non-hydrogen) atoms. The fourth-order valence-corrected chi connectivity index (χ4v) is 3.75. The van der Waals surface area contributed by atoms with Gasteiger partial charge in [-0.2, -0.15) is 0 Å². The molecule has 0 heterocycles. The van der Waals surface area contributed by atoms with Crippen molar-refractivity contribution in [3.63, 3.8) is 0 Å². The number of nitrogens with one attached hydrogen (secondary N) is 1. The third-order valence-electron chi connectivity index (χ3n) is 5.37. The minimum Gasteiger partial charge on any atom is -0.465 e. The van der Waals surface area contributed by atoms with Crippen LogP contribution in [0.1, 0.15) is 45.5 Å². The number of hydrogen-bond acceptors (Lipinski definition) is 7.